The van der Waals surface area contributed by atoms with Crippen LogP contribution in [0, 0.1) is 0 Å². The van der Waals surface area contributed by atoms with Gasteiger partial charge >= 0.3 is 0 Å². The molecule has 4 heteroatoms. The van der Waals surface area contributed by atoms with E-state index in [1.54, 1.807) is 24.3 Å². The molecule has 150 valence electrons. The van der Waals surface area contributed by atoms with Crippen molar-refractivity contribution in [2.45, 2.75) is 38.4 Å². The number of rotatable bonds is 7. The summed E-state index contributed by atoms with van der Waals surface area (Å²) in [7, 11) is 0. The molecule has 3 nitrogen and oxygen atoms in total. The number of hydrogen-bond donors (Lipinski definition) is 0. The number of carbonyl (C=O) groups is 1. The van der Waals surface area contributed by atoms with Gasteiger partial charge in [-0.25, -0.2) is 9.78 Å². The van der Waals surface area contributed by atoms with Crippen molar-refractivity contribution >= 4 is 17.4 Å². The molecular formula is C25H25ClO3. The third-order valence-electron chi connectivity index (χ3n) is 4.49. The van der Waals surface area contributed by atoms with Crippen LogP contribution in [-0.2, 0) is 15.4 Å². The molecule has 0 fully saturated rings. The van der Waals surface area contributed by atoms with Crippen molar-refractivity contribution in [2.24, 2.45) is 0 Å². The van der Waals surface area contributed by atoms with Gasteiger partial charge in [0.1, 0.15) is 0 Å². The Bertz CT molecular complexity index is 890. The maximum atomic E-state index is 13.3. The Labute approximate surface area is 177 Å². The van der Waals surface area contributed by atoms with Crippen LogP contribution >= 0.6 is 11.6 Å². The molecule has 0 radical (unpaired) electrons. The lowest BCUT2D eigenvalue weighted by molar-refractivity contribution is -0.398. The highest BCUT2D eigenvalue weighted by atomic mass is 35.5. The van der Waals surface area contributed by atoms with Crippen LogP contribution in [0.4, 0.5) is 0 Å². The third-order valence-corrected chi connectivity index (χ3v) is 4.74. The minimum atomic E-state index is -1.09. The Morgan fingerprint density at radius 3 is 1.69 bits per heavy atom. The molecule has 0 bridgehead atoms. The molecule has 0 amide bonds. The molecule has 3 rings (SSSR count). The molecule has 0 heterocycles. The fraction of sp³-hybridized carbons (Fsp3) is 0.240. The van der Waals surface area contributed by atoms with E-state index in [4.69, 9.17) is 21.4 Å². The van der Waals surface area contributed by atoms with E-state index < -0.39 is 11.2 Å². The second kappa shape index (κ2) is 8.91. The second-order valence-corrected chi connectivity index (χ2v) is 8.38. The molecule has 0 aliphatic heterocycles. The molecule has 3 aromatic rings. The lowest BCUT2D eigenvalue weighted by Crippen LogP contribution is -2.37. The first-order valence-electron chi connectivity index (χ1n) is 9.57. The van der Waals surface area contributed by atoms with Crippen molar-refractivity contribution in [1.82, 2.24) is 0 Å². The van der Waals surface area contributed by atoms with Crippen molar-refractivity contribution in [2.75, 3.05) is 0 Å². The maximum Gasteiger partial charge on any atom is 0.166 e. The van der Waals surface area contributed by atoms with Gasteiger partial charge in [-0.2, -0.15) is 0 Å². The molecule has 0 atom stereocenters. The van der Waals surface area contributed by atoms with Gasteiger partial charge in [0.25, 0.3) is 0 Å². The molecule has 0 aliphatic rings. The first kappa shape index (κ1) is 21.3. The summed E-state index contributed by atoms with van der Waals surface area (Å²) in [6.07, 6.45) is 0.0821. The first-order chi connectivity index (χ1) is 13.8. The highest BCUT2D eigenvalue weighted by Gasteiger charge is 2.40. The van der Waals surface area contributed by atoms with E-state index in [0.29, 0.717) is 10.6 Å². The van der Waals surface area contributed by atoms with E-state index in [1.807, 2.05) is 81.4 Å². The molecule has 0 spiro atoms. The zero-order valence-electron chi connectivity index (χ0n) is 16.9. The van der Waals surface area contributed by atoms with Gasteiger partial charge in [0.2, 0.25) is 0 Å². The molecule has 3 aromatic carbocycles. The minimum absolute atomic E-state index is 0.0631. The fourth-order valence-corrected chi connectivity index (χ4v) is 3.20. The molecule has 0 saturated heterocycles. The van der Waals surface area contributed by atoms with E-state index in [1.165, 1.54) is 0 Å². The number of hydrogen-bond acceptors (Lipinski definition) is 3. The topological polar surface area (TPSA) is 35.5 Å². The van der Waals surface area contributed by atoms with Crippen molar-refractivity contribution in [3.63, 3.8) is 0 Å². The number of benzene rings is 3. The van der Waals surface area contributed by atoms with Gasteiger partial charge in [0, 0.05) is 10.6 Å². The lowest BCUT2D eigenvalue weighted by atomic mass is 9.81. The third kappa shape index (κ3) is 5.33. The number of carbonyl (C=O) groups excluding carboxylic acids is 1. The van der Waals surface area contributed by atoms with Crippen LogP contribution in [0.5, 0.6) is 0 Å². The molecule has 0 aliphatic carbocycles. The minimum Gasteiger partial charge on any atom is -0.294 e. The lowest BCUT2D eigenvalue weighted by Gasteiger charge is -2.35. The summed E-state index contributed by atoms with van der Waals surface area (Å²) >= 11 is 5.99. The van der Waals surface area contributed by atoms with Crippen molar-refractivity contribution in [3.8, 4) is 0 Å². The molecule has 29 heavy (non-hydrogen) atoms. The van der Waals surface area contributed by atoms with E-state index in [9.17, 15) is 4.79 Å². The van der Waals surface area contributed by atoms with Crippen LogP contribution < -0.4 is 0 Å². The summed E-state index contributed by atoms with van der Waals surface area (Å²) in [5.41, 5.74) is 0.630. The number of ketones is 1. The van der Waals surface area contributed by atoms with Crippen molar-refractivity contribution in [3.05, 3.63) is 107 Å². The normalized spacial score (nSPS) is 12.0. The molecule has 0 N–H and O–H groups in total. The molecule has 0 saturated carbocycles. The van der Waals surface area contributed by atoms with E-state index in [-0.39, 0.29) is 12.2 Å². The first-order valence-corrected chi connectivity index (χ1v) is 9.95. The quantitative estimate of drug-likeness (QED) is 0.251. The van der Waals surface area contributed by atoms with Gasteiger partial charge in [-0.05, 0) is 56.2 Å². The summed E-state index contributed by atoms with van der Waals surface area (Å²) in [4.78, 5) is 25.2. The van der Waals surface area contributed by atoms with Crippen molar-refractivity contribution < 1.29 is 14.6 Å². The van der Waals surface area contributed by atoms with Gasteiger partial charge in [0.05, 0.1) is 12.0 Å². The summed E-state index contributed by atoms with van der Waals surface area (Å²) in [6.45, 7) is 5.73. The highest BCUT2D eigenvalue weighted by molar-refractivity contribution is 6.30. The summed E-state index contributed by atoms with van der Waals surface area (Å²) < 4.78 is 0. The Morgan fingerprint density at radius 1 is 0.759 bits per heavy atom. The van der Waals surface area contributed by atoms with Crippen molar-refractivity contribution in [1.29, 1.82) is 0 Å². The zero-order valence-corrected chi connectivity index (χ0v) is 17.6. The monoisotopic (exact) mass is 408 g/mol. The summed E-state index contributed by atoms with van der Waals surface area (Å²) in [5.74, 6) is -0.0631. The van der Waals surface area contributed by atoms with Crippen LogP contribution in [0.1, 0.15) is 48.7 Å². The van der Waals surface area contributed by atoms with Crippen LogP contribution in [-0.4, -0.2) is 11.4 Å². The van der Waals surface area contributed by atoms with E-state index in [0.717, 1.165) is 11.1 Å². The van der Waals surface area contributed by atoms with Crippen LogP contribution in [0.25, 0.3) is 0 Å². The summed E-state index contributed by atoms with van der Waals surface area (Å²) in [5, 5.41) is 0.589. The van der Waals surface area contributed by atoms with Gasteiger partial charge in [-0.3, -0.25) is 4.79 Å². The van der Waals surface area contributed by atoms with Gasteiger partial charge in [0.15, 0.2) is 11.4 Å². The largest absolute Gasteiger partial charge is 0.294 e. The average molecular weight is 409 g/mol. The molecule has 0 aromatic heterocycles. The maximum absolute atomic E-state index is 13.3. The fourth-order valence-electron chi connectivity index (χ4n) is 3.07. The SMILES string of the molecule is CC(C)(C)OOC(CC(=O)c1ccc(Cl)cc1)(c1ccccc1)c1ccccc1. The number of halogens is 1. The second-order valence-electron chi connectivity index (χ2n) is 7.94. The van der Waals surface area contributed by atoms with E-state index >= 15 is 0 Å². The molecular weight excluding hydrogens is 384 g/mol. The predicted molar refractivity (Wildman–Crippen MR) is 116 cm³/mol. The Kier molecular flexibility index (Phi) is 6.53. The standard InChI is InChI=1S/C25H25ClO3/c1-24(2,3)28-29-25(20-10-6-4-7-11-20,21-12-8-5-9-13-21)18-23(27)19-14-16-22(26)17-15-19/h4-17H,18H2,1-3H3. The van der Waals surface area contributed by atoms with Gasteiger partial charge in [-0.1, -0.05) is 72.3 Å². The number of Topliss-reactive ketones (excluding diaryl/α,β-unsaturated/α-hetero) is 1. The van der Waals surface area contributed by atoms with E-state index in [2.05, 4.69) is 0 Å². The van der Waals surface area contributed by atoms with Gasteiger partial charge < -0.3 is 0 Å². The Hall–Kier alpha value is -2.46. The summed E-state index contributed by atoms with van der Waals surface area (Å²) in [6, 6.07) is 26.3. The van der Waals surface area contributed by atoms with Crippen LogP contribution in [0.2, 0.25) is 5.02 Å². The van der Waals surface area contributed by atoms with Gasteiger partial charge in [-0.15, -0.1) is 0 Å². The predicted octanol–water partition coefficient (Wildman–Crippen LogP) is 6.60. The van der Waals surface area contributed by atoms with Crippen LogP contribution in [0.3, 0.4) is 0 Å². The Morgan fingerprint density at radius 2 is 1.24 bits per heavy atom. The average Bonchev–Trinajstić information content (AvgIpc) is 2.72. The van der Waals surface area contributed by atoms with Crippen LogP contribution in [0.15, 0.2) is 84.9 Å². The highest BCUT2D eigenvalue weighted by Crippen LogP contribution is 2.39. The molecule has 0 unspecified atom stereocenters. The Balaban J connectivity index is 2.09. The zero-order chi connectivity index (χ0) is 20.9. The smallest absolute Gasteiger partial charge is 0.166 e.